The molecular formula is C56H108O6. The highest BCUT2D eigenvalue weighted by Crippen LogP contribution is 2.17. The van der Waals surface area contributed by atoms with E-state index in [0.29, 0.717) is 19.3 Å². The standard InChI is InChI=1S/C56H108O6/c1-4-7-10-13-16-19-21-23-25-27-28-29-31-33-35-38-41-44-47-50-56(59)62-53(51-60-54(57)48-45-42-39-36-18-15-12-9-6-3)52-61-55(58)49-46-43-40-37-34-32-30-26-24-22-20-17-14-11-8-5-2/h53H,4-52H2,1-3H3/t53-/m1/s1. The molecule has 0 saturated heterocycles. The van der Waals surface area contributed by atoms with E-state index in [1.54, 1.807) is 0 Å². The van der Waals surface area contributed by atoms with Gasteiger partial charge in [0.25, 0.3) is 0 Å². The average Bonchev–Trinajstić information content (AvgIpc) is 3.27. The third-order valence-electron chi connectivity index (χ3n) is 12.9. The summed E-state index contributed by atoms with van der Waals surface area (Å²) in [4.78, 5) is 38.0. The van der Waals surface area contributed by atoms with Crippen molar-refractivity contribution in [3.63, 3.8) is 0 Å². The van der Waals surface area contributed by atoms with Gasteiger partial charge in [-0.1, -0.05) is 284 Å². The molecule has 1 atom stereocenters. The van der Waals surface area contributed by atoms with Crippen molar-refractivity contribution >= 4 is 17.9 Å². The minimum Gasteiger partial charge on any atom is -0.462 e. The lowest BCUT2D eigenvalue weighted by Crippen LogP contribution is -2.30. The largest absolute Gasteiger partial charge is 0.462 e. The number of ether oxygens (including phenoxy) is 3. The molecule has 0 aliphatic heterocycles. The molecule has 6 heteroatoms. The van der Waals surface area contributed by atoms with Crippen LogP contribution in [0, 0.1) is 0 Å². The summed E-state index contributed by atoms with van der Waals surface area (Å²) in [6.07, 6.45) is 56.7. The van der Waals surface area contributed by atoms with Crippen LogP contribution < -0.4 is 0 Å². The lowest BCUT2D eigenvalue weighted by molar-refractivity contribution is -0.167. The van der Waals surface area contributed by atoms with Crippen LogP contribution in [0.5, 0.6) is 0 Å². The molecule has 0 unspecified atom stereocenters. The Hall–Kier alpha value is -1.59. The lowest BCUT2D eigenvalue weighted by Gasteiger charge is -2.18. The van der Waals surface area contributed by atoms with Gasteiger partial charge in [-0.15, -0.1) is 0 Å². The van der Waals surface area contributed by atoms with Gasteiger partial charge in [0.1, 0.15) is 13.2 Å². The highest BCUT2D eigenvalue weighted by molar-refractivity contribution is 5.71. The molecule has 0 aromatic carbocycles. The van der Waals surface area contributed by atoms with Crippen LogP contribution in [0.1, 0.15) is 323 Å². The Morgan fingerprint density at radius 3 is 0.645 bits per heavy atom. The predicted octanol–water partition coefficient (Wildman–Crippen LogP) is 18.4. The zero-order valence-corrected chi connectivity index (χ0v) is 42.2. The van der Waals surface area contributed by atoms with E-state index >= 15 is 0 Å². The molecule has 0 fully saturated rings. The van der Waals surface area contributed by atoms with Gasteiger partial charge < -0.3 is 14.2 Å². The lowest BCUT2D eigenvalue weighted by atomic mass is 10.0. The average molecular weight is 877 g/mol. The number of hydrogen-bond acceptors (Lipinski definition) is 6. The van der Waals surface area contributed by atoms with Crippen molar-refractivity contribution in [2.75, 3.05) is 13.2 Å². The van der Waals surface area contributed by atoms with Gasteiger partial charge >= 0.3 is 17.9 Å². The van der Waals surface area contributed by atoms with Crippen molar-refractivity contribution in [2.45, 2.75) is 329 Å². The van der Waals surface area contributed by atoms with E-state index in [2.05, 4.69) is 20.8 Å². The number of hydrogen-bond donors (Lipinski definition) is 0. The first-order valence-corrected chi connectivity index (χ1v) is 28.0. The number of carbonyl (C=O) groups excluding carboxylic acids is 3. The predicted molar refractivity (Wildman–Crippen MR) is 266 cm³/mol. The molecule has 0 radical (unpaired) electrons. The first kappa shape index (κ1) is 60.4. The van der Waals surface area contributed by atoms with Gasteiger partial charge in [0.2, 0.25) is 0 Å². The SMILES string of the molecule is CCCCCCCCCCCCCCCCCCCCCC(=O)O[C@H](COC(=O)CCCCCCCCCCC)COC(=O)CCCCCCCCCCCCCCCCCC. The summed E-state index contributed by atoms with van der Waals surface area (Å²) in [5, 5.41) is 0. The van der Waals surface area contributed by atoms with Crippen molar-refractivity contribution in [1.29, 1.82) is 0 Å². The van der Waals surface area contributed by atoms with Crippen LogP contribution in [0.4, 0.5) is 0 Å². The van der Waals surface area contributed by atoms with Crippen molar-refractivity contribution in [3.8, 4) is 0 Å². The van der Waals surface area contributed by atoms with Gasteiger partial charge in [0.15, 0.2) is 6.10 Å². The smallest absolute Gasteiger partial charge is 0.306 e. The van der Waals surface area contributed by atoms with E-state index < -0.39 is 6.10 Å². The third-order valence-corrected chi connectivity index (χ3v) is 12.9. The maximum Gasteiger partial charge on any atom is 0.306 e. The fourth-order valence-electron chi connectivity index (χ4n) is 8.62. The molecule has 0 rings (SSSR count). The molecule has 0 saturated carbocycles. The molecule has 0 heterocycles. The fraction of sp³-hybridized carbons (Fsp3) is 0.946. The maximum atomic E-state index is 12.8. The van der Waals surface area contributed by atoms with Crippen LogP contribution in [-0.2, 0) is 28.6 Å². The van der Waals surface area contributed by atoms with E-state index in [1.807, 2.05) is 0 Å². The minimum absolute atomic E-state index is 0.0616. The summed E-state index contributed by atoms with van der Waals surface area (Å²) in [7, 11) is 0. The monoisotopic (exact) mass is 877 g/mol. The van der Waals surface area contributed by atoms with Crippen LogP contribution in [-0.4, -0.2) is 37.2 Å². The van der Waals surface area contributed by atoms with Crippen LogP contribution >= 0.6 is 0 Å². The van der Waals surface area contributed by atoms with Crippen molar-refractivity contribution in [2.24, 2.45) is 0 Å². The van der Waals surface area contributed by atoms with Crippen LogP contribution in [0.2, 0.25) is 0 Å². The van der Waals surface area contributed by atoms with Gasteiger partial charge in [-0.25, -0.2) is 0 Å². The molecular weight excluding hydrogens is 769 g/mol. The molecule has 0 aliphatic rings. The first-order chi connectivity index (χ1) is 30.5. The van der Waals surface area contributed by atoms with E-state index in [1.165, 1.54) is 225 Å². The quantitative estimate of drug-likeness (QED) is 0.0344. The summed E-state index contributed by atoms with van der Waals surface area (Å²) in [6.45, 7) is 6.68. The van der Waals surface area contributed by atoms with Gasteiger partial charge in [0.05, 0.1) is 0 Å². The van der Waals surface area contributed by atoms with E-state index in [9.17, 15) is 14.4 Å². The Balaban J connectivity index is 4.21. The Bertz CT molecular complexity index is 920. The number of unbranched alkanes of at least 4 members (excludes halogenated alkanes) is 41. The van der Waals surface area contributed by atoms with Gasteiger partial charge in [-0.05, 0) is 19.3 Å². The molecule has 0 aliphatic carbocycles. The summed E-state index contributed by atoms with van der Waals surface area (Å²) >= 11 is 0. The molecule has 0 spiro atoms. The summed E-state index contributed by atoms with van der Waals surface area (Å²) in [6, 6.07) is 0. The molecule has 368 valence electrons. The summed E-state index contributed by atoms with van der Waals surface area (Å²) in [5.41, 5.74) is 0. The fourth-order valence-corrected chi connectivity index (χ4v) is 8.62. The van der Waals surface area contributed by atoms with Crippen molar-refractivity contribution < 1.29 is 28.6 Å². The highest BCUT2D eigenvalue weighted by Gasteiger charge is 2.19. The molecule has 0 amide bonds. The van der Waals surface area contributed by atoms with Gasteiger partial charge in [-0.2, -0.15) is 0 Å². The van der Waals surface area contributed by atoms with E-state index in [-0.39, 0.29) is 31.1 Å². The zero-order chi connectivity index (χ0) is 45.1. The molecule has 62 heavy (non-hydrogen) atoms. The first-order valence-electron chi connectivity index (χ1n) is 28.0. The highest BCUT2D eigenvalue weighted by atomic mass is 16.6. The third kappa shape index (κ3) is 49.4. The second kappa shape index (κ2) is 52.0. The van der Waals surface area contributed by atoms with Crippen molar-refractivity contribution in [1.82, 2.24) is 0 Å². The van der Waals surface area contributed by atoms with Crippen molar-refractivity contribution in [3.05, 3.63) is 0 Å². The Morgan fingerprint density at radius 1 is 0.258 bits per heavy atom. The Kier molecular flexibility index (Phi) is 50.7. The van der Waals surface area contributed by atoms with Gasteiger partial charge in [0, 0.05) is 19.3 Å². The zero-order valence-electron chi connectivity index (χ0n) is 42.2. The molecule has 0 bridgehead atoms. The molecule has 0 N–H and O–H groups in total. The van der Waals surface area contributed by atoms with E-state index in [0.717, 1.165) is 57.8 Å². The summed E-state index contributed by atoms with van der Waals surface area (Å²) in [5.74, 6) is -0.839. The van der Waals surface area contributed by atoms with Crippen LogP contribution in [0.25, 0.3) is 0 Å². The molecule has 0 aromatic heterocycles. The van der Waals surface area contributed by atoms with Gasteiger partial charge in [-0.3, -0.25) is 14.4 Å². The number of carbonyl (C=O) groups is 3. The second-order valence-corrected chi connectivity index (χ2v) is 19.2. The Labute approximate surface area is 387 Å². The number of esters is 3. The number of rotatable bonds is 52. The topological polar surface area (TPSA) is 78.9 Å². The molecule has 6 nitrogen and oxygen atoms in total. The normalized spacial score (nSPS) is 11.9. The van der Waals surface area contributed by atoms with Crippen LogP contribution in [0.15, 0.2) is 0 Å². The van der Waals surface area contributed by atoms with Crippen LogP contribution in [0.3, 0.4) is 0 Å². The molecule has 0 aromatic rings. The minimum atomic E-state index is -0.760. The Morgan fingerprint density at radius 2 is 0.435 bits per heavy atom. The summed E-state index contributed by atoms with van der Waals surface area (Å²) < 4.78 is 16.8. The maximum absolute atomic E-state index is 12.8. The second-order valence-electron chi connectivity index (χ2n) is 19.2. The van der Waals surface area contributed by atoms with E-state index in [4.69, 9.17) is 14.2 Å².